The maximum atomic E-state index is 12.4. The van der Waals surface area contributed by atoms with Crippen molar-refractivity contribution in [2.75, 3.05) is 39.8 Å². The van der Waals surface area contributed by atoms with Gasteiger partial charge in [0.15, 0.2) is 5.82 Å². The molecule has 0 radical (unpaired) electrons. The fraction of sp³-hybridized carbons (Fsp3) is 0.316. The first-order valence-electron chi connectivity index (χ1n) is 9.12. The first-order chi connectivity index (χ1) is 13.6. The summed E-state index contributed by atoms with van der Waals surface area (Å²) in [5.41, 5.74) is 1.31. The number of amides is 2. The van der Waals surface area contributed by atoms with Gasteiger partial charge in [0, 0.05) is 49.7 Å². The zero-order valence-electron chi connectivity index (χ0n) is 15.6. The summed E-state index contributed by atoms with van der Waals surface area (Å²) in [5.74, 6) is 0.837. The molecule has 3 heterocycles. The Morgan fingerprint density at radius 2 is 1.82 bits per heavy atom. The molecule has 144 valence electrons. The van der Waals surface area contributed by atoms with Crippen LogP contribution in [-0.4, -0.2) is 81.0 Å². The second-order valence-corrected chi connectivity index (χ2v) is 6.76. The maximum absolute atomic E-state index is 12.4. The van der Waals surface area contributed by atoms with Crippen LogP contribution in [0.3, 0.4) is 0 Å². The van der Waals surface area contributed by atoms with E-state index in [2.05, 4.69) is 25.4 Å². The number of hydrogen-bond acceptors (Lipinski definition) is 6. The fourth-order valence-electron chi connectivity index (χ4n) is 3.14. The molecule has 3 aromatic rings. The topological polar surface area (TPSA) is 95.7 Å². The van der Waals surface area contributed by atoms with Crippen LogP contribution in [0.4, 0.5) is 0 Å². The zero-order valence-corrected chi connectivity index (χ0v) is 15.6. The molecule has 1 aliphatic heterocycles. The standard InChI is InChI=1S/C19H21N7O2/c1-24-9-11-25(12-10-24)16(27)13-21-18(28)15-5-3-14(4-6-15)17-22-23-19-20-7-2-8-26(17)19/h2-8H,9-13H2,1H3,(H,21,28). The van der Waals surface area contributed by atoms with E-state index in [4.69, 9.17) is 0 Å². The molecule has 4 rings (SSSR count). The van der Waals surface area contributed by atoms with Gasteiger partial charge in [0.05, 0.1) is 6.54 Å². The Bertz CT molecular complexity index is 991. The molecule has 0 atom stereocenters. The number of piperazine rings is 1. The molecule has 0 aliphatic carbocycles. The van der Waals surface area contributed by atoms with E-state index in [0.717, 1.165) is 18.7 Å². The van der Waals surface area contributed by atoms with Crippen molar-refractivity contribution in [3.63, 3.8) is 0 Å². The van der Waals surface area contributed by atoms with Crippen molar-refractivity contribution in [2.24, 2.45) is 0 Å². The van der Waals surface area contributed by atoms with E-state index in [9.17, 15) is 9.59 Å². The van der Waals surface area contributed by atoms with Crippen molar-refractivity contribution >= 4 is 17.6 Å². The third-order valence-electron chi connectivity index (χ3n) is 4.85. The minimum Gasteiger partial charge on any atom is -0.343 e. The monoisotopic (exact) mass is 379 g/mol. The van der Waals surface area contributed by atoms with Crippen LogP contribution in [0.2, 0.25) is 0 Å². The first kappa shape index (κ1) is 18.1. The van der Waals surface area contributed by atoms with Gasteiger partial charge in [0.2, 0.25) is 5.91 Å². The average molecular weight is 379 g/mol. The number of likely N-dealkylation sites (N-methyl/N-ethyl adjacent to an activating group) is 1. The van der Waals surface area contributed by atoms with Crippen molar-refractivity contribution < 1.29 is 9.59 Å². The second-order valence-electron chi connectivity index (χ2n) is 6.76. The molecule has 1 aliphatic rings. The predicted molar refractivity (Wildman–Crippen MR) is 103 cm³/mol. The number of hydrogen-bond donors (Lipinski definition) is 1. The number of carbonyl (C=O) groups is 2. The minimum absolute atomic E-state index is 0.00475. The Hall–Kier alpha value is -3.33. The van der Waals surface area contributed by atoms with E-state index in [-0.39, 0.29) is 18.4 Å². The van der Waals surface area contributed by atoms with Crippen molar-refractivity contribution in [2.45, 2.75) is 0 Å². The van der Waals surface area contributed by atoms with Gasteiger partial charge in [-0.25, -0.2) is 4.98 Å². The Morgan fingerprint density at radius 3 is 2.57 bits per heavy atom. The number of aromatic nitrogens is 4. The third-order valence-corrected chi connectivity index (χ3v) is 4.85. The Labute approximate surface area is 162 Å². The van der Waals surface area contributed by atoms with Crippen molar-refractivity contribution in [3.05, 3.63) is 48.3 Å². The van der Waals surface area contributed by atoms with Crippen molar-refractivity contribution in [3.8, 4) is 11.4 Å². The highest BCUT2D eigenvalue weighted by Gasteiger charge is 2.19. The highest BCUT2D eigenvalue weighted by Crippen LogP contribution is 2.18. The minimum atomic E-state index is -0.276. The predicted octanol–water partition coefficient (Wildman–Crippen LogP) is 0.295. The van der Waals surface area contributed by atoms with Gasteiger partial charge in [-0.15, -0.1) is 10.2 Å². The van der Waals surface area contributed by atoms with Crippen LogP contribution in [-0.2, 0) is 4.79 Å². The lowest BCUT2D eigenvalue weighted by atomic mass is 10.1. The molecular formula is C19H21N7O2. The molecule has 0 saturated carbocycles. The molecule has 2 amide bonds. The van der Waals surface area contributed by atoms with E-state index < -0.39 is 0 Å². The van der Waals surface area contributed by atoms with Gasteiger partial charge in [-0.1, -0.05) is 12.1 Å². The Balaban J connectivity index is 1.38. The van der Waals surface area contributed by atoms with Gasteiger partial charge in [-0.3, -0.25) is 14.0 Å². The molecule has 9 heteroatoms. The molecule has 0 unspecified atom stereocenters. The summed E-state index contributed by atoms with van der Waals surface area (Å²) in [6, 6.07) is 8.84. The van der Waals surface area contributed by atoms with Crippen LogP contribution in [0.25, 0.3) is 17.2 Å². The zero-order chi connectivity index (χ0) is 19.5. The van der Waals surface area contributed by atoms with Gasteiger partial charge < -0.3 is 15.1 Å². The lowest BCUT2D eigenvalue weighted by Gasteiger charge is -2.32. The molecular weight excluding hydrogens is 358 g/mol. The molecule has 28 heavy (non-hydrogen) atoms. The summed E-state index contributed by atoms with van der Waals surface area (Å²) >= 11 is 0. The number of rotatable bonds is 4. The maximum Gasteiger partial charge on any atom is 0.255 e. The summed E-state index contributed by atoms with van der Waals surface area (Å²) in [6.07, 6.45) is 3.49. The van der Waals surface area contributed by atoms with Gasteiger partial charge in [0.25, 0.3) is 11.7 Å². The van der Waals surface area contributed by atoms with Crippen molar-refractivity contribution in [1.29, 1.82) is 0 Å². The number of nitrogens with one attached hydrogen (secondary N) is 1. The Kier molecular flexibility index (Phi) is 4.98. The average Bonchev–Trinajstić information content (AvgIpc) is 3.16. The summed E-state index contributed by atoms with van der Waals surface area (Å²) in [4.78, 5) is 32.7. The van der Waals surface area contributed by atoms with Gasteiger partial charge in [-0.05, 0) is 25.2 Å². The summed E-state index contributed by atoms with van der Waals surface area (Å²) in [7, 11) is 2.03. The molecule has 9 nitrogen and oxygen atoms in total. The van der Waals surface area contributed by atoms with Crippen LogP contribution in [0.5, 0.6) is 0 Å². The third kappa shape index (κ3) is 3.70. The quantitative estimate of drug-likeness (QED) is 0.700. The van der Waals surface area contributed by atoms with Gasteiger partial charge in [-0.2, -0.15) is 0 Å². The van der Waals surface area contributed by atoms with E-state index in [1.165, 1.54) is 0 Å². The largest absolute Gasteiger partial charge is 0.343 e. The van der Waals surface area contributed by atoms with E-state index in [1.807, 2.05) is 13.2 Å². The van der Waals surface area contributed by atoms with Crippen LogP contribution in [0, 0.1) is 0 Å². The molecule has 1 saturated heterocycles. The van der Waals surface area contributed by atoms with E-state index in [0.29, 0.717) is 30.3 Å². The lowest BCUT2D eigenvalue weighted by molar-refractivity contribution is -0.131. The lowest BCUT2D eigenvalue weighted by Crippen LogP contribution is -2.50. The highest BCUT2D eigenvalue weighted by atomic mass is 16.2. The van der Waals surface area contributed by atoms with Crippen molar-refractivity contribution in [1.82, 2.24) is 34.7 Å². The molecule has 0 bridgehead atoms. The SMILES string of the molecule is CN1CCN(C(=O)CNC(=O)c2ccc(-c3nnc4ncccn34)cc2)CC1. The van der Waals surface area contributed by atoms with Crippen LogP contribution >= 0.6 is 0 Å². The fourth-order valence-corrected chi connectivity index (χ4v) is 3.14. The number of carbonyl (C=O) groups excluding carboxylic acids is 2. The molecule has 1 fully saturated rings. The normalized spacial score (nSPS) is 15.0. The van der Waals surface area contributed by atoms with Crippen LogP contribution in [0.1, 0.15) is 10.4 Å². The number of fused-ring (bicyclic) bond motifs is 1. The molecule has 2 aromatic heterocycles. The molecule has 1 aromatic carbocycles. The van der Waals surface area contributed by atoms with E-state index >= 15 is 0 Å². The van der Waals surface area contributed by atoms with Gasteiger partial charge in [0.1, 0.15) is 0 Å². The smallest absolute Gasteiger partial charge is 0.255 e. The summed E-state index contributed by atoms with van der Waals surface area (Å²) in [6.45, 7) is 3.11. The molecule has 0 spiro atoms. The second kappa shape index (κ2) is 7.73. The van der Waals surface area contributed by atoms with Gasteiger partial charge >= 0.3 is 0 Å². The molecule has 1 N–H and O–H groups in total. The summed E-state index contributed by atoms with van der Waals surface area (Å²) < 4.78 is 1.78. The van der Waals surface area contributed by atoms with Crippen LogP contribution in [0.15, 0.2) is 42.7 Å². The Morgan fingerprint density at radius 1 is 1.07 bits per heavy atom. The number of nitrogens with zero attached hydrogens (tertiary/aromatic N) is 6. The first-order valence-corrected chi connectivity index (χ1v) is 9.12. The number of benzene rings is 1. The summed E-state index contributed by atoms with van der Waals surface area (Å²) in [5, 5.41) is 10.9. The van der Waals surface area contributed by atoms with E-state index in [1.54, 1.807) is 45.8 Å². The van der Waals surface area contributed by atoms with Crippen LogP contribution < -0.4 is 5.32 Å². The highest BCUT2D eigenvalue weighted by molar-refractivity contribution is 5.96.